The van der Waals surface area contributed by atoms with Gasteiger partial charge in [-0.05, 0) is 36.8 Å². The van der Waals surface area contributed by atoms with Gasteiger partial charge in [0.25, 0.3) is 0 Å². The number of aromatic nitrogens is 1. The Balaban J connectivity index is 2.64. The molecule has 0 aliphatic rings. The van der Waals surface area contributed by atoms with Crippen molar-refractivity contribution in [2.75, 3.05) is 11.5 Å². The number of hydrogen-bond donors (Lipinski definition) is 3. The summed E-state index contributed by atoms with van der Waals surface area (Å²) in [5.74, 6) is 0. The van der Waals surface area contributed by atoms with Gasteiger partial charge in [0, 0.05) is 28.8 Å². The second-order valence-electron chi connectivity index (χ2n) is 3.38. The number of rotatable bonds is 1. The summed E-state index contributed by atoms with van der Waals surface area (Å²) in [5, 5.41) is 0. The van der Waals surface area contributed by atoms with Crippen LogP contribution in [0.5, 0.6) is 0 Å². The molecule has 0 spiro atoms. The van der Waals surface area contributed by atoms with E-state index in [0.717, 1.165) is 28.2 Å². The number of anilines is 2. The third-order valence-corrected chi connectivity index (χ3v) is 2.30. The van der Waals surface area contributed by atoms with Crippen LogP contribution >= 0.6 is 0 Å². The van der Waals surface area contributed by atoms with Crippen molar-refractivity contribution in [3.8, 4) is 11.3 Å². The van der Waals surface area contributed by atoms with Crippen LogP contribution in [-0.4, -0.2) is 4.98 Å². The number of aromatic amines is 1. The van der Waals surface area contributed by atoms with E-state index in [2.05, 4.69) is 4.98 Å². The van der Waals surface area contributed by atoms with Crippen molar-refractivity contribution >= 4 is 11.4 Å². The van der Waals surface area contributed by atoms with E-state index in [-0.39, 0.29) is 0 Å². The SMILES string of the molecule is Cc1cc(N)cc(-c2ccc[nH]2)c1N. The highest BCUT2D eigenvalue weighted by molar-refractivity contribution is 5.79. The predicted octanol–water partition coefficient (Wildman–Crippen LogP) is 2.15. The third-order valence-electron chi connectivity index (χ3n) is 2.30. The summed E-state index contributed by atoms with van der Waals surface area (Å²) in [6.45, 7) is 1.96. The summed E-state index contributed by atoms with van der Waals surface area (Å²) in [5.41, 5.74) is 16.2. The molecular formula is C11H13N3. The Morgan fingerprint density at radius 3 is 2.64 bits per heavy atom. The molecule has 0 aliphatic carbocycles. The van der Waals surface area contributed by atoms with E-state index in [1.165, 1.54) is 0 Å². The molecule has 5 N–H and O–H groups in total. The van der Waals surface area contributed by atoms with Gasteiger partial charge < -0.3 is 16.5 Å². The van der Waals surface area contributed by atoms with Crippen molar-refractivity contribution in [1.29, 1.82) is 0 Å². The van der Waals surface area contributed by atoms with Gasteiger partial charge in [-0.1, -0.05) is 0 Å². The fourth-order valence-corrected chi connectivity index (χ4v) is 1.55. The molecule has 0 bridgehead atoms. The zero-order chi connectivity index (χ0) is 10.1. The maximum absolute atomic E-state index is 5.97. The zero-order valence-corrected chi connectivity index (χ0v) is 8.04. The number of benzene rings is 1. The molecule has 14 heavy (non-hydrogen) atoms. The summed E-state index contributed by atoms with van der Waals surface area (Å²) in [6.07, 6.45) is 1.87. The van der Waals surface area contributed by atoms with Gasteiger partial charge in [0.15, 0.2) is 0 Å². The normalized spacial score (nSPS) is 10.4. The lowest BCUT2D eigenvalue weighted by molar-refractivity contribution is 1.38. The first kappa shape index (κ1) is 8.69. The van der Waals surface area contributed by atoms with Gasteiger partial charge in [-0.2, -0.15) is 0 Å². The minimum atomic E-state index is 0.737. The van der Waals surface area contributed by atoms with E-state index in [1.54, 1.807) is 0 Å². The van der Waals surface area contributed by atoms with Gasteiger partial charge in [-0.15, -0.1) is 0 Å². The lowest BCUT2D eigenvalue weighted by Crippen LogP contribution is -1.96. The lowest BCUT2D eigenvalue weighted by Gasteiger charge is -2.08. The molecule has 0 saturated heterocycles. The Hall–Kier alpha value is -1.90. The van der Waals surface area contributed by atoms with Crippen LogP contribution in [0.2, 0.25) is 0 Å². The average molecular weight is 187 g/mol. The van der Waals surface area contributed by atoms with Gasteiger partial charge in [0.05, 0.1) is 0 Å². The van der Waals surface area contributed by atoms with E-state index in [4.69, 9.17) is 11.5 Å². The van der Waals surface area contributed by atoms with E-state index in [0.29, 0.717) is 0 Å². The van der Waals surface area contributed by atoms with Crippen molar-refractivity contribution in [3.63, 3.8) is 0 Å². The van der Waals surface area contributed by atoms with Gasteiger partial charge in [-0.25, -0.2) is 0 Å². The lowest BCUT2D eigenvalue weighted by atomic mass is 10.0. The van der Waals surface area contributed by atoms with E-state index in [1.807, 2.05) is 37.4 Å². The topological polar surface area (TPSA) is 67.8 Å². The number of nitrogens with one attached hydrogen (secondary N) is 1. The number of hydrogen-bond acceptors (Lipinski definition) is 2. The maximum atomic E-state index is 5.97. The van der Waals surface area contributed by atoms with Gasteiger partial charge in [0.1, 0.15) is 0 Å². The third kappa shape index (κ3) is 1.33. The minimum Gasteiger partial charge on any atom is -0.399 e. The molecule has 1 heterocycles. The van der Waals surface area contributed by atoms with Gasteiger partial charge in [-0.3, -0.25) is 0 Å². The molecule has 0 aliphatic heterocycles. The van der Waals surface area contributed by atoms with E-state index >= 15 is 0 Å². The van der Waals surface area contributed by atoms with Crippen molar-refractivity contribution in [1.82, 2.24) is 4.98 Å². The first-order chi connectivity index (χ1) is 6.68. The molecule has 3 nitrogen and oxygen atoms in total. The fraction of sp³-hybridized carbons (Fsp3) is 0.0909. The molecule has 1 aromatic carbocycles. The summed E-state index contributed by atoms with van der Waals surface area (Å²) >= 11 is 0. The van der Waals surface area contributed by atoms with Crippen molar-refractivity contribution in [2.45, 2.75) is 6.92 Å². The first-order valence-electron chi connectivity index (χ1n) is 4.48. The van der Waals surface area contributed by atoms with Crippen LogP contribution in [0.15, 0.2) is 30.5 Å². The predicted molar refractivity (Wildman–Crippen MR) is 59.8 cm³/mol. The largest absolute Gasteiger partial charge is 0.399 e. The molecule has 0 fully saturated rings. The Bertz CT molecular complexity index is 444. The summed E-state index contributed by atoms with van der Waals surface area (Å²) in [4.78, 5) is 3.11. The number of H-pyrrole nitrogens is 1. The summed E-state index contributed by atoms with van der Waals surface area (Å²) < 4.78 is 0. The van der Waals surface area contributed by atoms with Crippen LogP contribution in [0, 0.1) is 6.92 Å². The van der Waals surface area contributed by atoms with Crippen LogP contribution in [0.25, 0.3) is 11.3 Å². The Kier molecular flexibility index (Phi) is 1.93. The summed E-state index contributed by atoms with van der Waals surface area (Å²) in [6, 6.07) is 7.67. The van der Waals surface area contributed by atoms with Crippen LogP contribution < -0.4 is 11.5 Å². The monoisotopic (exact) mass is 187 g/mol. The average Bonchev–Trinajstić information content (AvgIpc) is 2.63. The Morgan fingerprint density at radius 1 is 1.21 bits per heavy atom. The molecule has 0 amide bonds. The second-order valence-corrected chi connectivity index (χ2v) is 3.38. The molecule has 3 heteroatoms. The molecule has 2 rings (SSSR count). The fourth-order valence-electron chi connectivity index (χ4n) is 1.55. The molecule has 2 aromatic rings. The molecule has 0 radical (unpaired) electrons. The minimum absolute atomic E-state index is 0.737. The van der Waals surface area contributed by atoms with Gasteiger partial charge >= 0.3 is 0 Å². The van der Waals surface area contributed by atoms with E-state index < -0.39 is 0 Å². The highest BCUT2D eigenvalue weighted by atomic mass is 14.7. The van der Waals surface area contributed by atoms with Crippen LogP contribution in [-0.2, 0) is 0 Å². The van der Waals surface area contributed by atoms with Gasteiger partial charge in [0.2, 0.25) is 0 Å². The Labute approximate surface area is 82.7 Å². The zero-order valence-electron chi connectivity index (χ0n) is 8.04. The first-order valence-corrected chi connectivity index (χ1v) is 4.48. The Morgan fingerprint density at radius 2 is 2.00 bits per heavy atom. The second kappa shape index (κ2) is 3.10. The highest BCUT2D eigenvalue weighted by Gasteiger charge is 2.06. The van der Waals surface area contributed by atoms with Crippen LogP contribution in [0.1, 0.15) is 5.56 Å². The van der Waals surface area contributed by atoms with Crippen LogP contribution in [0.3, 0.4) is 0 Å². The maximum Gasteiger partial charge on any atom is 0.0475 e. The molecule has 0 saturated carbocycles. The number of nitrogens with two attached hydrogens (primary N) is 2. The van der Waals surface area contributed by atoms with Crippen molar-refractivity contribution in [3.05, 3.63) is 36.0 Å². The number of aryl methyl sites for hydroxylation is 1. The molecule has 72 valence electrons. The standard InChI is InChI=1S/C11H13N3/c1-7-5-8(12)6-9(11(7)13)10-3-2-4-14-10/h2-6,14H,12-13H2,1H3. The van der Waals surface area contributed by atoms with Crippen molar-refractivity contribution < 1.29 is 0 Å². The summed E-state index contributed by atoms with van der Waals surface area (Å²) in [7, 11) is 0. The van der Waals surface area contributed by atoms with Crippen molar-refractivity contribution in [2.24, 2.45) is 0 Å². The molecule has 0 unspecified atom stereocenters. The molecule has 0 atom stereocenters. The number of nitrogen functional groups attached to an aromatic ring is 2. The quantitative estimate of drug-likeness (QED) is 0.599. The smallest absolute Gasteiger partial charge is 0.0475 e. The van der Waals surface area contributed by atoms with Crippen LogP contribution in [0.4, 0.5) is 11.4 Å². The molecular weight excluding hydrogens is 174 g/mol. The highest BCUT2D eigenvalue weighted by Crippen LogP contribution is 2.29. The molecule has 1 aromatic heterocycles. The van der Waals surface area contributed by atoms with E-state index in [9.17, 15) is 0 Å².